The highest BCUT2D eigenvalue weighted by Gasteiger charge is 2.21. The number of hydrogen-bond acceptors (Lipinski definition) is 7. The van der Waals surface area contributed by atoms with E-state index < -0.39 is 0 Å². The molecule has 3 heterocycles. The van der Waals surface area contributed by atoms with Crippen LogP contribution in [0.25, 0.3) is 22.0 Å². The predicted molar refractivity (Wildman–Crippen MR) is 166 cm³/mol. The van der Waals surface area contributed by atoms with E-state index in [4.69, 9.17) is 21.6 Å². The van der Waals surface area contributed by atoms with Crippen molar-refractivity contribution in [3.63, 3.8) is 0 Å². The van der Waals surface area contributed by atoms with Crippen LogP contribution in [-0.4, -0.2) is 77.7 Å². The van der Waals surface area contributed by atoms with Crippen molar-refractivity contribution in [1.82, 2.24) is 24.3 Å². The molecule has 0 amide bonds. The van der Waals surface area contributed by atoms with E-state index in [-0.39, 0.29) is 5.56 Å². The van der Waals surface area contributed by atoms with Gasteiger partial charge in [-0.25, -0.2) is 4.98 Å². The van der Waals surface area contributed by atoms with E-state index in [1.54, 1.807) is 17.7 Å². The van der Waals surface area contributed by atoms with Crippen LogP contribution in [0.1, 0.15) is 17.5 Å². The number of nitrogens with one attached hydrogen (secondary N) is 1. The number of pyridine rings is 1. The molecule has 1 aliphatic rings. The summed E-state index contributed by atoms with van der Waals surface area (Å²) in [5.74, 6) is 1.54. The Hall–Kier alpha value is -3.46. The summed E-state index contributed by atoms with van der Waals surface area (Å²) in [4.78, 5) is 29.2. The smallest absolute Gasteiger partial charge is 0.250 e. The molecule has 40 heavy (non-hydrogen) atoms. The standard InChI is InChI=1S/C31H38ClN7O/c1-22-17-29(40)37(4)21-27(22)24-9-10-28-26(19-24)30(33-20-23-7-5-8-25(32)18-23)35-31(34-28)39-15-13-38(14-16-39)12-6-11-36(2)3/h5,7-10,17-19,21H,6,11-16,20H2,1-4H3,(H,33,34,35). The Morgan fingerprint density at radius 1 is 1.02 bits per heavy atom. The third kappa shape index (κ3) is 6.63. The molecule has 0 unspecified atom stereocenters. The van der Waals surface area contributed by atoms with Gasteiger partial charge in [-0.2, -0.15) is 4.98 Å². The SMILES string of the molecule is Cc1cc(=O)n(C)cc1-c1ccc2nc(N3CCN(CCCN(C)C)CC3)nc(NCc3cccc(Cl)c3)c2c1. The first-order valence-corrected chi connectivity index (χ1v) is 14.2. The molecule has 2 aromatic carbocycles. The van der Waals surface area contributed by atoms with Gasteiger partial charge in [-0.15, -0.1) is 0 Å². The highest BCUT2D eigenvalue weighted by molar-refractivity contribution is 6.30. The van der Waals surface area contributed by atoms with Gasteiger partial charge in [-0.1, -0.05) is 29.8 Å². The summed E-state index contributed by atoms with van der Waals surface area (Å²) >= 11 is 6.24. The Kier molecular flexibility index (Phi) is 8.69. The minimum absolute atomic E-state index is 0.0170. The quantitative estimate of drug-likeness (QED) is 0.320. The van der Waals surface area contributed by atoms with Crippen LogP contribution in [0.15, 0.2) is 59.5 Å². The van der Waals surface area contributed by atoms with Gasteiger partial charge >= 0.3 is 0 Å². The lowest BCUT2D eigenvalue weighted by Crippen LogP contribution is -2.47. The van der Waals surface area contributed by atoms with E-state index in [0.29, 0.717) is 11.6 Å². The molecule has 1 saturated heterocycles. The molecule has 0 atom stereocenters. The van der Waals surface area contributed by atoms with Crippen molar-refractivity contribution in [2.45, 2.75) is 19.9 Å². The van der Waals surface area contributed by atoms with Crippen molar-refractivity contribution >= 4 is 34.3 Å². The first kappa shape index (κ1) is 28.1. The van der Waals surface area contributed by atoms with Crippen LogP contribution >= 0.6 is 11.6 Å². The van der Waals surface area contributed by atoms with Gasteiger partial charge in [0.1, 0.15) is 5.82 Å². The topological polar surface area (TPSA) is 69.5 Å². The third-order valence-electron chi connectivity index (χ3n) is 7.51. The Labute approximate surface area is 241 Å². The van der Waals surface area contributed by atoms with E-state index in [0.717, 1.165) is 84.2 Å². The zero-order valence-corrected chi connectivity index (χ0v) is 24.6. The van der Waals surface area contributed by atoms with Crippen LogP contribution < -0.4 is 15.8 Å². The molecule has 210 valence electrons. The van der Waals surface area contributed by atoms with Crippen molar-refractivity contribution < 1.29 is 0 Å². The summed E-state index contributed by atoms with van der Waals surface area (Å²) < 4.78 is 1.62. The van der Waals surface area contributed by atoms with E-state index in [1.807, 2.05) is 31.3 Å². The monoisotopic (exact) mass is 559 g/mol. The molecule has 1 fully saturated rings. The fraction of sp³-hybridized carbons (Fsp3) is 0.387. The van der Waals surface area contributed by atoms with Gasteiger partial charge in [0.05, 0.1) is 5.52 Å². The first-order valence-electron chi connectivity index (χ1n) is 13.9. The van der Waals surface area contributed by atoms with Gasteiger partial charge in [0.25, 0.3) is 5.56 Å². The highest BCUT2D eigenvalue weighted by Crippen LogP contribution is 2.31. The van der Waals surface area contributed by atoms with Gasteiger partial charge in [0.15, 0.2) is 0 Å². The summed E-state index contributed by atoms with van der Waals surface area (Å²) in [5.41, 5.74) is 4.93. The number of benzene rings is 2. The lowest BCUT2D eigenvalue weighted by Gasteiger charge is -2.35. The molecule has 0 saturated carbocycles. The fourth-order valence-corrected chi connectivity index (χ4v) is 5.41. The van der Waals surface area contributed by atoms with E-state index in [1.165, 1.54) is 6.42 Å². The average molecular weight is 560 g/mol. The molecule has 0 spiro atoms. The van der Waals surface area contributed by atoms with Crippen molar-refractivity contribution in [1.29, 1.82) is 0 Å². The normalized spacial score (nSPS) is 14.3. The van der Waals surface area contributed by atoms with Crippen molar-refractivity contribution in [3.8, 4) is 11.1 Å². The van der Waals surface area contributed by atoms with Gasteiger partial charge < -0.3 is 19.7 Å². The number of anilines is 2. The zero-order chi connectivity index (χ0) is 28.2. The van der Waals surface area contributed by atoms with Crippen LogP contribution in [0.5, 0.6) is 0 Å². The minimum Gasteiger partial charge on any atom is -0.365 e. The predicted octanol–water partition coefficient (Wildman–Crippen LogP) is 4.64. The number of fused-ring (bicyclic) bond motifs is 1. The van der Waals surface area contributed by atoms with Gasteiger partial charge in [0, 0.05) is 68.0 Å². The summed E-state index contributed by atoms with van der Waals surface area (Å²) in [6.45, 7) is 8.60. The average Bonchev–Trinajstić information content (AvgIpc) is 2.93. The maximum atomic E-state index is 12.1. The first-order chi connectivity index (χ1) is 19.3. The molecule has 1 N–H and O–H groups in total. The number of piperazine rings is 1. The Balaban J connectivity index is 1.45. The van der Waals surface area contributed by atoms with Crippen LogP contribution in [0, 0.1) is 6.92 Å². The summed E-state index contributed by atoms with van der Waals surface area (Å²) in [5, 5.41) is 5.22. The summed E-state index contributed by atoms with van der Waals surface area (Å²) in [6, 6.07) is 15.8. The number of halogens is 1. The largest absolute Gasteiger partial charge is 0.365 e. The van der Waals surface area contributed by atoms with E-state index in [9.17, 15) is 4.79 Å². The van der Waals surface area contributed by atoms with Gasteiger partial charge in [-0.05, 0) is 81.5 Å². The molecule has 9 heteroatoms. The molecule has 4 aromatic rings. The fourth-order valence-electron chi connectivity index (χ4n) is 5.20. The number of aromatic nitrogens is 3. The molecule has 5 rings (SSSR count). The van der Waals surface area contributed by atoms with E-state index >= 15 is 0 Å². The molecule has 0 aliphatic carbocycles. The molecule has 2 aromatic heterocycles. The second-order valence-electron chi connectivity index (χ2n) is 10.9. The number of hydrogen-bond donors (Lipinski definition) is 1. The third-order valence-corrected chi connectivity index (χ3v) is 7.75. The van der Waals surface area contributed by atoms with Crippen LogP contribution in [0.3, 0.4) is 0 Å². The van der Waals surface area contributed by atoms with Crippen LogP contribution in [0.2, 0.25) is 5.02 Å². The minimum atomic E-state index is -0.0170. The van der Waals surface area contributed by atoms with Gasteiger partial charge in [0.2, 0.25) is 5.95 Å². The second-order valence-corrected chi connectivity index (χ2v) is 11.3. The maximum absolute atomic E-state index is 12.1. The second kappa shape index (κ2) is 12.4. The molecule has 0 bridgehead atoms. The van der Waals surface area contributed by atoms with Crippen molar-refractivity contribution in [2.24, 2.45) is 7.05 Å². The van der Waals surface area contributed by atoms with Crippen molar-refractivity contribution in [2.75, 3.05) is 63.6 Å². The Morgan fingerprint density at radius 3 is 2.58 bits per heavy atom. The van der Waals surface area contributed by atoms with Gasteiger partial charge in [-0.3, -0.25) is 9.69 Å². The molecular weight excluding hydrogens is 522 g/mol. The lowest BCUT2D eigenvalue weighted by molar-refractivity contribution is 0.241. The highest BCUT2D eigenvalue weighted by atomic mass is 35.5. The molecule has 1 aliphatic heterocycles. The lowest BCUT2D eigenvalue weighted by atomic mass is 10.0. The molecule has 8 nitrogen and oxygen atoms in total. The number of aryl methyl sites for hydroxylation is 2. The number of rotatable bonds is 9. The zero-order valence-electron chi connectivity index (χ0n) is 23.8. The summed E-state index contributed by atoms with van der Waals surface area (Å²) in [6.07, 6.45) is 3.07. The number of nitrogens with zero attached hydrogens (tertiary/aromatic N) is 6. The Morgan fingerprint density at radius 2 is 1.82 bits per heavy atom. The summed E-state index contributed by atoms with van der Waals surface area (Å²) in [7, 11) is 6.03. The Bertz CT molecular complexity index is 1540. The maximum Gasteiger partial charge on any atom is 0.250 e. The van der Waals surface area contributed by atoms with Crippen molar-refractivity contribution in [3.05, 3.63) is 81.2 Å². The van der Waals surface area contributed by atoms with Crippen LogP contribution in [0.4, 0.5) is 11.8 Å². The molecule has 0 radical (unpaired) electrons. The molecular formula is C31H38ClN7O. The van der Waals surface area contributed by atoms with E-state index in [2.05, 4.69) is 58.4 Å². The van der Waals surface area contributed by atoms with Crippen LogP contribution in [-0.2, 0) is 13.6 Å².